The minimum absolute atomic E-state index is 0.0901. The molecular weight excluding hydrogens is 275 g/mol. The number of rotatable bonds is 4. The van der Waals surface area contributed by atoms with Crippen molar-refractivity contribution >= 4 is 11.6 Å². The first-order valence-electron chi connectivity index (χ1n) is 7.15. The first-order chi connectivity index (χ1) is 9.92. The van der Waals surface area contributed by atoms with E-state index in [1.807, 2.05) is 0 Å². The van der Waals surface area contributed by atoms with E-state index < -0.39 is 16.6 Å². The first-order valence-corrected chi connectivity index (χ1v) is 7.15. The van der Waals surface area contributed by atoms with Crippen LogP contribution in [0.2, 0.25) is 0 Å². The first kappa shape index (κ1) is 15.4. The van der Waals surface area contributed by atoms with Crippen LogP contribution in [0.15, 0.2) is 18.2 Å². The molecule has 1 amide bonds. The van der Waals surface area contributed by atoms with Crippen molar-refractivity contribution in [2.75, 3.05) is 13.1 Å². The van der Waals surface area contributed by atoms with Crippen molar-refractivity contribution in [3.05, 3.63) is 39.7 Å². The van der Waals surface area contributed by atoms with E-state index in [2.05, 4.69) is 13.8 Å². The number of nitro groups is 1. The number of halogens is 1. The summed E-state index contributed by atoms with van der Waals surface area (Å²) in [7, 11) is 0. The Labute approximate surface area is 122 Å². The highest BCUT2D eigenvalue weighted by Gasteiger charge is 2.38. The number of benzene rings is 1. The highest BCUT2D eigenvalue weighted by molar-refractivity contribution is 5.95. The second-order valence-corrected chi connectivity index (χ2v) is 5.61. The average molecular weight is 294 g/mol. The molecule has 0 saturated carbocycles. The lowest BCUT2D eigenvalue weighted by molar-refractivity contribution is -0.384. The van der Waals surface area contributed by atoms with Crippen LogP contribution in [-0.2, 0) is 0 Å². The number of hydrogen-bond donors (Lipinski definition) is 0. The zero-order chi connectivity index (χ0) is 15.6. The number of carbonyl (C=O) groups excluding carboxylic acids is 1. The van der Waals surface area contributed by atoms with E-state index in [4.69, 9.17) is 0 Å². The monoisotopic (exact) mass is 294 g/mol. The van der Waals surface area contributed by atoms with Gasteiger partial charge in [-0.05, 0) is 30.7 Å². The van der Waals surface area contributed by atoms with Gasteiger partial charge in [0.25, 0.3) is 11.6 Å². The number of nitrogens with zero attached hydrogens (tertiary/aromatic N) is 2. The molecule has 1 heterocycles. The molecule has 21 heavy (non-hydrogen) atoms. The summed E-state index contributed by atoms with van der Waals surface area (Å²) in [6.07, 6.45) is 2.82. The molecule has 0 aliphatic carbocycles. The van der Waals surface area contributed by atoms with Crippen LogP contribution in [0.25, 0.3) is 0 Å². The molecule has 1 saturated heterocycles. The van der Waals surface area contributed by atoms with Gasteiger partial charge < -0.3 is 4.90 Å². The van der Waals surface area contributed by atoms with E-state index in [1.54, 1.807) is 4.90 Å². The Morgan fingerprint density at radius 1 is 1.43 bits per heavy atom. The molecule has 0 radical (unpaired) electrons. The van der Waals surface area contributed by atoms with Crippen molar-refractivity contribution in [2.45, 2.75) is 33.1 Å². The lowest BCUT2D eigenvalue weighted by atomic mass is 9.82. The van der Waals surface area contributed by atoms with Crippen LogP contribution < -0.4 is 0 Å². The molecule has 114 valence electrons. The topological polar surface area (TPSA) is 63.5 Å². The molecule has 6 heteroatoms. The van der Waals surface area contributed by atoms with E-state index in [1.165, 1.54) is 0 Å². The van der Waals surface area contributed by atoms with Gasteiger partial charge in [0, 0.05) is 25.2 Å². The Kier molecular flexibility index (Phi) is 4.25. The van der Waals surface area contributed by atoms with E-state index in [0.29, 0.717) is 13.1 Å². The van der Waals surface area contributed by atoms with Crippen LogP contribution >= 0.6 is 0 Å². The molecule has 0 atom stereocenters. The van der Waals surface area contributed by atoms with Gasteiger partial charge in [-0.2, -0.15) is 0 Å². The van der Waals surface area contributed by atoms with E-state index in [-0.39, 0.29) is 16.7 Å². The van der Waals surface area contributed by atoms with Crippen LogP contribution in [-0.4, -0.2) is 28.8 Å². The van der Waals surface area contributed by atoms with Crippen molar-refractivity contribution in [2.24, 2.45) is 5.41 Å². The smallest absolute Gasteiger partial charge is 0.270 e. The molecule has 1 aromatic carbocycles. The van der Waals surface area contributed by atoms with Gasteiger partial charge in [0.05, 0.1) is 10.5 Å². The fourth-order valence-corrected chi connectivity index (χ4v) is 2.90. The third-order valence-electron chi connectivity index (χ3n) is 4.62. The number of likely N-dealkylation sites (tertiary alicyclic amines) is 1. The van der Waals surface area contributed by atoms with Crippen LogP contribution in [0.1, 0.15) is 43.5 Å². The van der Waals surface area contributed by atoms with Crippen molar-refractivity contribution in [1.82, 2.24) is 4.90 Å². The molecule has 0 aromatic heterocycles. The van der Waals surface area contributed by atoms with Gasteiger partial charge in [0.15, 0.2) is 0 Å². The van der Waals surface area contributed by atoms with Crippen LogP contribution in [0, 0.1) is 21.3 Å². The number of non-ortho nitro benzene ring substituents is 1. The van der Waals surface area contributed by atoms with Crippen molar-refractivity contribution < 1.29 is 14.1 Å². The Bertz CT molecular complexity index is 570. The highest BCUT2D eigenvalue weighted by Crippen LogP contribution is 2.37. The molecule has 0 unspecified atom stereocenters. The highest BCUT2D eigenvalue weighted by atomic mass is 19.1. The Morgan fingerprint density at radius 3 is 2.62 bits per heavy atom. The largest absolute Gasteiger partial charge is 0.338 e. The van der Waals surface area contributed by atoms with Gasteiger partial charge in [-0.3, -0.25) is 14.9 Å². The molecule has 1 fully saturated rings. The molecule has 1 aromatic rings. The van der Waals surface area contributed by atoms with Crippen LogP contribution in [0.5, 0.6) is 0 Å². The zero-order valence-electron chi connectivity index (χ0n) is 12.3. The van der Waals surface area contributed by atoms with Gasteiger partial charge in [-0.15, -0.1) is 0 Å². The summed E-state index contributed by atoms with van der Waals surface area (Å²) in [6.45, 7) is 5.33. The second kappa shape index (κ2) is 5.79. The fraction of sp³-hybridized carbons (Fsp3) is 0.533. The Balaban J connectivity index is 2.25. The minimum atomic E-state index is -0.712. The number of amides is 1. The van der Waals surface area contributed by atoms with Gasteiger partial charge in [-0.1, -0.05) is 13.8 Å². The number of nitro benzene ring substituents is 1. The van der Waals surface area contributed by atoms with Crippen molar-refractivity contribution in [3.8, 4) is 0 Å². The Hall–Kier alpha value is -1.98. The zero-order valence-corrected chi connectivity index (χ0v) is 12.3. The molecule has 0 N–H and O–H groups in total. The van der Waals surface area contributed by atoms with Crippen molar-refractivity contribution in [1.29, 1.82) is 0 Å². The maximum Gasteiger partial charge on any atom is 0.270 e. The lowest BCUT2D eigenvalue weighted by Crippen LogP contribution is -2.32. The molecule has 5 nitrogen and oxygen atoms in total. The molecule has 1 aliphatic heterocycles. The third kappa shape index (κ3) is 2.89. The maximum absolute atomic E-state index is 13.8. The van der Waals surface area contributed by atoms with Gasteiger partial charge in [0.1, 0.15) is 5.82 Å². The summed E-state index contributed by atoms with van der Waals surface area (Å²) in [5.41, 5.74) is -0.393. The third-order valence-corrected chi connectivity index (χ3v) is 4.62. The lowest BCUT2D eigenvalue weighted by Gasteiger charge is -2.26. The second-order valence-electron chi connectivity index (χ2n) is 5.61. The molecule has 2 rings (SSSR count). The van der Waals surface area contributed by atoms with Crippen molar-refractivity contribution in [3.63, 3.8) is 0 Å². The fourth-order valence-electron chi connectivity index (χ4n) is 2.90. The van der Waals surface area contributed by atoms with Gasteiger partial charge in [0.2, 0.25) is 0 Å². The standard InChI is InChI=1S/C15H19FN2O3/c1-3-15(4-2)7-8-17(10-15)14(19)12-9-11(18(20)21)5-6-13(12)16/h5-6,9H,3-4,7-8,10H2,1-2H3. The summed E-state index contributed by atoms with van der Waals surface area (Å²) < 4.78 is 13.8. The van der Waals surface area contributed by atoms with Gasteiger partial charge >= 0.3 is 0 Å². The number of carbonyl (C=O) groups is 1. The summed E-state index contributed by atoms with van der Waals surface area (Å²) in [5, 5.41) is 10.8. The van der Waals surface area contributed by atoms with Crippen LogP contribution in [0.4, 0.5) is 10.1 Å². The van der Waals surface area contributed by atoms with E-state index >= 15 is 0 Å². The summed E-state index contributed by atoms with van der Waals surface area (Å²) in [6, 6.07) is 3.07. The SMILES string of the molecule is CCC1(CC)CCN(C(=O)c2cc([N+](=O)[O-])ccc2F)C1. The summed E-state index contributed by atoms with van der Waals surface area (Å²) in [4.78, 5) is 24.2. The van der Waals surface area contributed by atoms with Gasteiger partial charge in [-0.25, -0.2) is 4.39 Å². The summed E-state index contributed by atoms with van der Waals surface area (Å²) >= 11 is 0. The average Bonchev–Trinajstić information content (AvgIpc) is 2.92. The minimum Gasteiger partial charge on any atom is -0.338 e. The predicted octanol–water partition coefficient (Wildman–Crippen LogP) is 3.39. The van der Waals surface area contributed by atoms with E-state index in [0.717, 1.165) is 37.5 Å². The molecule has 0 spiro atoms. The Morgan fingerprint density at radius 2 is 2.10 bits per heavy atom. The normalized spacial score (nSPS) is 17.0. The predicted molar refractivity (Wildman–Crippen MR) is 76.6 cm³/mol. The molecule has 0 bridgehead atoms. The van der Waals surface area contributed by atoms with Crippen LogP contribution in [0.3, 0.4) is 0 Å². The summed E-state index contributed by atoms with van der Waals surface area (Å²) in [5.74, 6) is -1.17. The maximum atomic E-state index is 13.8. The quantitative estimate of drug-likeness (QED) is 0.631. The van der Waals surface area contributed by atoms with E-state index in [9.17, 15) is 19.3 Å². The number of hydrogen-bond acceptors (Lipinski definition) is 3. The molecule has 1 aliphatic rings. The molecular formula is C15H19FN2O3.